The molecule has 0 spiro atoms. The molecule has 152 valence electrons. The van der Waals surface area contributed by atoms with Crippen LogP contribution in [0.15, 0.2) is 35.2 Å². The van der Waals surface area contributed by atoms with Crippen LogP contribution < -0.4 is 10.0 Å². The third-order valence-electron chi connectivity index (χ3n) is 5.00. The van der Waals surface area contributed by atoms with Gasteiger partial charge in [0, 0.05) is 6.04 Å². The highest BCUT2D eigenvalue weighted by Gasteiger charge is 2.33. The van der Waals surface area contributed by atoms with E-state index < -0.39 is 10.0 Å². The van der Waals surface area contributed by atoms with Crippen molar-refractivity contribution in [1.29, 1.82) is 0 Å². The molecule has 1 aromatic heterocycles. The first-order chi connectivity index (χ1) is 13.1. The highest BCUT2D eigenvalue weighted by Crippen LogP contribution is 2.38. The van der Waals surface area contributed by atoms with E-state index in [1.807, 2.05) is 0 Å². The van der Waals surface area contributed by atoms with Gasteiger partial charge in [0.05, 0.1) is 10.6 Å². The van der Waals surface area contributed by atoms with Crippen molar-refractivity contribution in [2.24, 2.45) is 11.3 Å². The fourth-order valence-corrected chi connectivity index (χ4v) is 6.26. The molecule has 0 bridgehead atoms. The Morgan fingerprint density at radius 2 is 1.89 bits per heavy atom. The number of hydrogen-bond acceptors (Lipinski definition) is 5. The van der Waals surface area contributed by atoms with Crippen molar-refractivity contribution in [3.05, 3.63) is 40.9 Å². The largest absolute Gasteiger partial charge is 0.349 e. The minimum Gasteiger partial charge on any atom is -0.349 e. The van der Waals surface area contributed by atoms with Crippen LogP contribution in [0.4, 0.5) is 5.13 Å². The maximum Gasteiger partial charge on any atom is 0.263 e. The van der Waals surface area contributed by atoms with Gasteiger partial charge in [-0.2, -0.15) is 0 Å². The predicted octanol–water partition coefficient (Wildman–Crippen LogP) is 4.20. The molecule has 1 fully saturated rings. The average molecular weight is 422 g/mol. The van der Waals surface area contributed by atoms with Crippen LogP contribution in [0.25, 0.3) is 0 Å². The van der Waals surface area contributed by atoms with Crippen LogP contribution in [0.1, 0.15) is 55.4 Å². The first-order valence-corrected chi connectivity index (χ1v) is 11.7. The number of anilines is 1. The molecule has 1 saturated carbocycles. The molecular weight excluding hydrogens is 394 g/mol. The summed E-state index contributed by atoms with van der Waals surface area (Å²) >= 11 is 1.06. The van der Waals surface area contributed by atoms with Gasteiger partial charge in [-0.3, -0.25) is 9.52 Å². The van der Waals surface area contributed by atoms with E-state index in [2.05, 4.69) is 35.8 Å². The number of carbonyl (C=O) groups excluding carboxylic acids is 1. The Balaban J connectivity index is 1.72. The highest BCUT2D eigenvalue weighted by molar-refractivity contribution is 7.93. The number of aryl methyl sites for hydroxylation is 1. The second-order valence-electron chi connectivity index (χ2n) is 8.44. The van der Waals surface area contributed by atoms with Crippen LogP contribution in [0.5, 0.6) is 0 Å². The lowest BCUT2D eigenvalue weighted by atomic mass is 9.70. The number of nitrogens with zero attached hydrogens (tertiary/aromatic N) is 1. The number of amides is 1. The standard InChI is InChI=1S/C20H27N3O3S2/c1-13-10-15(12-20(3,4)11-13)22-18(24)17-14(2)21-19(27-17)23-28(25,26)16-8-6-5-7-9-16/h5-9,13,15H,10-12H2,1-4H3,(H,21,23)(H,22,24). The Bertz CT molecular complexity index is 952. The van der Waals surface area contributed by atoms with Gasteiger partial charge in [0.1, 0.15) is 4.88 Å². The number of nitrogens with one attached hydrogen (secondary N) is 2. The Morgan fingerprint density at radius 3 is 2.54 bits per heavy atom. The fourth-order valence-electron chi connectivity index (χ4n) is 4.13. The Labute approximate surface area is 170 Å². The van der Waals surface area contributed by atoms with Crippen molar-refractivity contribution in [3.63, 3.8) is 0 Å². The molecule has 2 atom stereocenters. The normalized spacial score (nSPS) is 21.9. The molecule has 2 unspecified atom stereocenters. The summed E-state index contributed by atoms with van der Waals surface area (Å²) in [5, 5.41) is 3.32. The highest BCUT2D eigenvalue weighted by atomic mass is 32.2. The summed E-state index contributed by atoms with van der Waals surface area (Å²) in [6.07, 6.45) is 3.05. The number of sulfonamides is 1. The molecule has 0 saturated heterocycles. The molecule has 3 rings (SSSR count). The summed E-state index contributed by atoms with van der Waals surface area (Å²) in [5.41, 5.74) is 0.728. The summed E-state index contributed by atoms with van der Waals surface area (Å²) in [7, 11) is -3.73. The number of carbonyl (C=O) groups is 1. The summed E-state index contributed by atoms with van der Waals surface area (Å²) in [5.74, 6) is 0.375. The smallest absolute Gasteiger partial charge is 0.263 e. The molecule has 1 aliphatic carbocycles. The molecule has 0 aliphatic heterocycles. The molecule has 8 heteroatoms. The number of thiazole rings is 1. The predicted molar refractivity (Wildman–Crippen MR) is 112 cm³/mol. The van der Waals surface area contributed by atoms with Crippen molar-refractivity contribution in [2.45, 2.75) is 57.9 Å². The van der Waals surface area contributed by atoms with E-state index in [1.54, 1.807) is 25.1 Å². The molecule has 6 nitrogen and oxygen atoms in total. The first-order valence-electron chi connectivity index (χ1n) is 9.42. The molecule has 2 N–H and O–H groups in total. The van der Waals surface area contributed by atoms with Gasteiger partial charge in [-0.25, -0.2) is 13.4 Å². The van der Waals surface area contributed by atoms with Gasteiger partial charge in [0.25, 0.3) is 15.9 Å². The van der Waals surface area contributed by atoms with Gasteiger partial charge in [0.15, 0.2) is 5.13 Å². The monoisotopic (exact) mass is 421 g/mol. The van der Waals surface area contributed by atoms with Gasteiger partial charge in [-0.1, -0.05) is 50.3 Å². The van der Waals surface area contributed by atoms with E-state index in [0.717, 1.165) is 30.6 Å². The van der Waals surface area contributed by atoms with Crippen LogP contribution in [-0.2, 0) is 10.0 Å². The van der Waals surface area contributed by atoms with E-state index in [0.29, 0.717) is 16.5 Å². The van der Waals surface area contributed by atoms with Gasteiger partial charge in [0.2, 0.25) is 0 Å². The fraction of sp³-hybridized carbons (Fsp3) is 0.500. The Kier molecular flexibility index (Phi) is 5.82. The van der Waals surface area contributed by atoms with Crippen molar-refractivity contribution in [1.82, 2.24) is 10.3 Å². The lowest BCUT2D eigenvalue weighted by molar-refractivity contribution is 0.0877. The minimum atomic E-state index is -3.73. The average Bonchev–Trinajstić information content (AvgIpc) is 2.93. The van der Waals surface area contributed by atoms with Gasteiger partial charge in [-0.05, 0) is 49.7 Å². The van der Waals surface area contributed by atoms with E-state index in [4.69, 9.17) is 0 Å². The lowest BCUT2D eigenvalue weighted by Crippen LogP contribution is -2.42. The van der Waals surface area contributed by atoms with Crippen molar-refractivity contribution < 1.29 is 13.2 Å². The van der Waals surface area contributed by atoms with Crippen LogP contribution in [0.2, 0.25) is 0 Å². The molecule has 1 aromatic carbocycles. The number of hydrogen-bond donors (Lipinski definition) is 2. The second kappa shape index (κ2) is 7.83. The second-order valence-corrected chi connectivity index (χ2v) is 11.1. The molecule has 0 radical (unpaired) electrons. The maximum absolute atomic E-state index is 12.8. The summed E-state index contributed by atoms with van der Waals surface area (Å²) in [6.45, 7) is 8.40. The van der Waals surface area contributed by atoms with Gasteiger partial charge >= 0.3 is 0 Å². The maximum atomic E-state index is 12.8. The van der Waals surface area contributed by atoms with Crippen LogP contribution in [-0.4, -0.2) is 25.4 Å². The molecule has 1 heterocycles. The van der Waals surface area contributed by atoms with E-state index in [-0.39, 0.29) is 27.4 Å². The van der Waals surface area contributed by atoms with Crippen LogP contribution in [0.3, 0.4) is 0 Å². The van der Waals surface area contributed by atoms with Crippen LogP contribution in [0, 0.1) is 18.3 Å². The zero-order valence-electron chi connectivity index (χ0n) is 16.7. The zero-order valence-corrected chi connectivity index (χ0v) is 18.3. The Morgan fingerprint density at radius 1 is 1.21 bits per heavy atom. The van der Waals surface area contributed by atoms with Gasteiger partial charge in [-0.15, -0.1) is 0 Å². The van der Waals surface area contributed by atoms with Gasteiger partial charge < -0.3 is 5.32 Å². The topological polar surface area (TPSA) is 88.2 Å². The van der Waals surface area contributed by atoms with E-state index in [1.165, 1.54) is 12.1 Å². The molecule has 28 heavy (non-hydrogen) atoms. The molecule has 1 amide bonds. The zero-order chi connectivity index (χ0) is 20.5. The molecule has 1 aliphatic rings. The number of benzene rings is 1. The third-order valence-corrected chi connectivity index (χ3v) is 7.56. The van der Waals surface area contributed by atoms with Crippen molar-refractivity contribution >= 4 is 32.4 Å². The van der Waals surface area contributed by atoms with Crippen molar-refractivity contribution in [3.8, 4) is 0 Å². The minimum absolute atomic E-state index is 0.122. The summed E-state index contributed by atoms with van der Waals surface area (Å²) in [6, 6.07) is 8.23. The van der Waals surface area contributed by atoms with E-state index >= 15 is 0 Å². The van der Waals surface area contributed by atoms with Crippen molar-refractivity contribution in [2.75, 3.05) is 4.72 Å². The number of aromatic nitrogens is 1. The SMILES string of the molecule is Cc1nc(NS(=O)(=O)c2ccccc2)sc1C(=O)NC1CC(C)CC(C)(C)C1. The first kappa shape index (κ1) is 20.8. The van der Waals surface area contributed by atoms with E-state index in [9.17, 15) is 13.2 Å². The summed E-state index contributed by atoms with van der Waals surface area (Å²) < 4.78 is 27.4. The number of rotatable bonds is 5. The summed E-state index contributed by atoms with van der Waals surface area (Å²) in [4.78, 5) is 17.6. The van der Waals surface area contributed by atoms with Crippen LogP contribution >= 0.6 is 11.3 Å². The third kappa shape index (κ3) is 4.91. The molecular formula is C20H27N3O3S2. The molecule has 2 aromatic rings. The quantitative estimate of drug-likeness (QED) is 0.757. The lowest BCUT2D eigenvalue weighted by Gasteiger charge is -2.39. The Hall–Kier alpha value is -1.93.